The number of aromatic amines is 1. The summed E-state index contributed by atoms with van der Waals surface area (Å²) in [6.07, 6.45) is -2.52. The van der Waals surface area contributed by atoms with E-state index in [1.54, 1.807) is 4.90 Å². The zero-order valence-corrected chi connectivity index (χ0v) is 19.3. The first-order valence-electron chi connectivity index (χ1n) is 11.6. The fourth-order valence-corrected chi connectivity index (χ4v) is 5.35. The van der Waals surface area contributed by atoms with E-state index in [9.17, 15) is 27.2 Å². The number of hydrogen-bond donors (Lipinski definition) is 2. The Kier molecular flexibility index (Phi) is 5.73. The molecule has 12 heteroatoms. The molecule has 1 aromatic heterocycles. The summed E-state index contributed by atoms with van der Waals surface area (Å²) in [6.45, 7) is 6.59. The maximum absolute atomic E-state index is 14.2. The number of rotatable bonds is 2. The normalized spacial score (nSPS) is 24.5. The number of fused-ring (bicyclic) bond motifs is 2. The third-order valence-electron chi connectivity index (χ3n) is 7.31. The van der Waals surface area contributed by atoms with Crippen molar-refractivity contribution in [3.63, 3.8) is 0 Å². The van der Waals surface area contributed by atoms with Gasteiger partial charge in [-0.1, -0.05) is 0 Å². The van der Waals surface area contributed by atoms with E-state index in [4.69, 9.17) is 0 Å². The van der Waals surface area contributed by atoms with Crippen LogP contribution < -0.4 is 5.32 Å². The van der Waals surface area contributed by atoms with E-state index in [-0.39, 0.29) is 30.5 Å². The van der Waals surface area contributed by atoms with Gasteiger partial charge in [-0.2, -0.15) is 18.3 Å². The lowest BCUT2D eigenvalue weighted by atomic mass is 10.1. The molecule has 3 amide bonds. The molecule has 0 spiro atoms. The van der Waals surface area contributed by atoms with Gasteiger partial charge in [0.05, 0.1) is 29.4 Å². The molecule has 3 aliphatic heterocycles. The topological polar surface area (TPSA) is 84.6 Å². The molecule has 1 unspecified atom stereocenters. The molecule has 1 aromatic carbocycles. The van der Waals surface area contributed by atoms with Crippen molar-refractivity contribution in [2.75, 3.05) is 25.0 Å². The van der Waals surface area contributed by atoms with Gasteiger partial charge in [0.2, 0.25) is 0 Å². The van der Waals surface area contributed by atoms with Crippen LogP contribution in [0.25, 0.3) is 0 Å². The Hall–Kier alpha value is -3.15. The van der Waals surface area contributed by atoms with Crippen LogP contribution in [-0.4, -0.2) is 68.6 Å². The quantitative estimate of drug-likeness (QED) is 0.619. The molecule has 0 aliphatic carbocycles. The van der Waals surface area contributed by atoms with Crippen molar-refractivity contribution >= 4 is 17.8 Å². The van der Waals surface area contributed by atoms with Crippen molar-refractivity contribution in [1.29, 1.82) is 0 Å². The van der Waals surface area contributed by atoms with Crippen molar-refractivity contribution in [1.82, 2.24) is 24.9 Å². The number of piperazine rings is 1. The number of benzene rings is 1. The molecule has 2 aromatic rings. The van der Waals surface area contributed by atoms with E-state index in [2.05, 4.69) is 20.4 Å². The molecular weight excluding hydrogens is 468 g/mol. The lowest BCUT2D eigenvalue weighted by Gasteiger charge is -2.44. The number of halogens is 4. The molecule has 2 fully saturated rings. The first kappa shape index (κ1) is 23.6. The van der Waals surface area contributed by atoms with Gasteiger partial charge in [0.1, 0.15) is 5.82 Å². The van der Waals surface area contributed by atoms with Crippen molar-refractivity contribution in [2.24, 2.45) is 0 Å². The standard InChI is InChI=1S/C23H26F4N6O2/c1-12-9-31-7-3-4-15(31)10-32(12)22(35)33-11-17-19(13(33)2)29-30-20(17)28-21(34)16-8-14(23(25,26)27)5-6-18(16)24/h5-6,8,12-13,15H,3-4,7,9-11H2,1-2H3,(H2,28,29,30,34)/t12-,13?,15-/m0/s1. The summed E-state index contributed by atoms with van der Waals surface area (Å²) >= 11 is 0. The molecular formula is C23H26F4N6O2. The molecule has 35 heavy (non-hydrogen) atoms. The summed E-state index contributed by atoms with van der Waals surface area (Å²) in [5.74, 6) is -2.06. The number of aromatic nitrogens is 2. The van der Waals surface area contributed by atoms with Crippen LogP contribution in [0, 0.1) is 5.82 Å². The monoisotopic (exact) mass is 494 g/mol. The van der Waals surface area contributed by atoms with E-state index < -0.39 is 29.0 Å². The van der Waals surface area contributed by atoms with Crippen LogP contribution in [0.15, 0.2) is 18.2 Å². The average molecular weight is 494 g/mol. The predicted octanol–water partition coefficient (Wildman–Crippen LogP) is 3.99. The lowest BCUT2D eigenvalue weighted by Crippen LogP contribution is -2.59. The minimum atomic E-state index is -4.71. The van der Waals surface area contributed by atoms with Gasteiger partial charge in [0.25, 0.3) is 5.91 Å². The van der Waals surface area contributed by atoms with Crippen LogP contribution in [0.3, 0.4) is 0 Å². The van der Waals surface area contributed by atoms with E-state index in [0.29, 0.717) is 42.0 Å². The summed E-state index contributed by atoms with van der Waals surface area (Å²) in [4.78, 5) is 32.1. The Bertz CT molecular complexity index is 1170. The number of hydrogen-bond acceptors (Lipinski definition) is 4. The zero-order chi connectivity index (χ0) is 25.1. The van der Waals surface area contributed by atoms with Crippen molar-refractivity contribution < 1.29 is 27.2 Å². The summed E-state index contributed by atoms with van der Waals surface area (Å²) in [7, 11) is 0. The van der Waals surface area contributed by atoms with Crippen LogP contribution in [-0.2, 0) is 12.7 Å². The van der Waals surface area contributed by atoms with Gasteiger partial charge in [0.15, 0.2) is 5.82 Å². The van der Waals surface area contributed by atoms with Gasteiger partial charge < -0.3 is 15.1 Å². The van der Waals surface area contributed by atoms with Crippen molar-refractivity contribution in [3.8, 4) is 0 Å². The number of anilines is 1. The summed E-state index contributed by atoms with van der Waals surface area (Å²) in [6, 6.07) is 1.64. The molecule has 8 nitrogen and oxygen atoms in total. The summed E-state index contributed by atoms with van der Waals surface area (Å²) < 4.78 is 53.2. The van der Waals surface area contributed by atoms with Gasteiger partial charge in [-0.25, -0.2) is 9.18 Å². The second-order valence-corrected chi connectivity index (χ2v) is 9.49. The highest BCUT2D eigenvalue weighted by Crippen LogP contribution is 2.38. The summed E-state index contributed by atoms with van der Waals surface area (Å²) in [5.41, 5.74) is -0.680. The third-order valence-corrected chi connectivity index (χ3v) is 7.31. The van der Waals surface area contributed by atoms with E-state index in [1.165, 1.54) is 0 Å². The van der Waals surface area contributed by atoms with E-state index in [0.717, 1.165) is 25.9 Å². The second kappa shape index (κ2) is 8.51. The number of H-pyrrole nitrogens is 1. The molecule has 0 saturated carbocycles. The van der Waals surface area contributed by atoms with Crippen LogP contribution in [0.5, 0.6) is 0 Å². The molecule has 0 radical (unpaired) electrons. The molecule has 3 aliphatic rings. The van der Waals surface area contributed by atoms with E-state index >= 15 is 0 Å². The molecule has 188 valence electrons. The predicted molar refractivity (Wildman–Crippen MR) is 118 cm³/mol. The number of alkyl halides is 3. The Balaban J connectivity index is 1.32. The van der Waals surface area contributed by atoms with Crippen LogP contribution in [0.1, 0.15) is 59.9 Å². The average Bonchev–Trinajstić information content (AvgIpc) is 3.49. The van der Waals surface area contributed by atoms with Gasteiger partial charge in [-0.3, -0.25) is 14.8 Å². The van der Waals surface area contributed by atoms with E-state index in [1.807, 2.05) is 18.7 Å². The van der Waals surface area contributed by atoms with Gasteiger partial charge in [-0.05, 0) is 51.4 Å². The molecule has 4 heterocycles. The van der Waals surface area contributed by atoms with Crippen LogP contribution in [0.2, 0.25) is 0 Å². The number of nitrogens with one attached hydrogen (secondary N) is 2. The molecule has 5 rings (SSSR count). The lowest BCUT2D eigenvalue weighted by molar-refractivity contribution is -0.137. The molecule has 0 bridgehead atoms. The summed E-state index contributed by atoms with van der Waals surface area (Å²) in [5, 5.41) is 9.29. The fourth-order valence-electron chi connectivity index (χ4n) is 5.35. The first-order valence-corrected chi connectivity index (χ1v) is 11.6. The fraction of sp³-hybridized carbons (Fsp3) is 0.522. The Morgan fingerprint density at radius 1 is 1.17 bits per heavy atom. The Morgan fingerprint density at radius 2 is 1.94 bits per heavy atom. The highest BCUT2D eigenvalue weighted by Gasteiger charge is 2.42. The van der Waals surface area contributed by atoms with Gasteiger partial charge in [-0.15, -0.1) is 0 Å². The minimum absolute atomic E-state index is 0.0594. The largest absolute Gasteiger partial charge is 0.416 e. The number of carbonyl (C=O) groups is 2. The number of nitrogens with zero attached hydrogens (tertiary/aromatic N) is 4. The minimum Gasteiger partial charge on any atom is -0.319 e. The number of amides is 3. The molecule has 2 N–H and O–H groups in total. The molecule has 3 atom stereocenters. The number of carbonyl (C=O) groups excluding carboxylic acids is 2. The number of urea groups is 1. The Morgan fingerprint density at radius 3 is 2.69 bits per heavy atom. The van der Waals surface area contributed by atoms with Gasteiger partial charge in [0, 0.05) is 30.7 Å². The smallest absolute Gasteiger partial charge is 0.319 e. The van der Waals surface area contributed by atoms with Crippen molar-refractivity contribution in [3.05, 3.63) is 46.4 Å². The zero-order valence-electron chi connectivity index (χ0n) is 19.3. The third kappa shape index (κ3) is 4.13. The molecule has 2 saturated heterocycles. The maximum Gasteiger partial charge on any atom is 0.416 e. The van der Waals surface area contributed by atoms with Gasteiger partial charge >= 0.3 is 12.2 Å². The SMILES string of the molecule is CC1c2[nH]nc(NC(=O)c3cc(C(F)(F)F)ccc3F)c2CN1C(=O)N1C[C@@H]2CCCN2C[C@@H]1C. The van der Waals surface area contributed by atoms with Crippen LogP contribution >= 0.6 is 0 Å². The maximum atomic E-state index is 14.2. The second-order valence-electron chi connectivity index (χ2n) is 9.49. The van der Waals surface area contributed by atoms with Crippen molar-refractivity contribution in [2.45, 2.75) is 57.5 Å². The van der Waals surface area contributed by atoms with Crippen LogP contribution in [0.4, 0.5) is 28.2 Å². The first-order chi connectivity index (χ1) is 16.5. The highest BCUT2D eigenvalue weighted by atomic mass is 19.4. The highest BCUT2D eigenvalue weighted by molar-refractivity contribution is 6.04. The Labute approximate surface area is 199 Å².